The van der Waals surface area contributed by atoms with E-state index < -0.39 is 0 Å². The summed E-state index contributed by atoms with van der Waals surface area (Å²) in [5.74, 6) is 1.02. The average molecular weight is 333 g/mol. The Labute approximate surface area is 140 Å². The quantitative estimate of drug-likeness (QED) is 0.863. The first-order valence-corrected chi connectivity index (χ1v) is 8.91. The van der Waals surface area contributed by atoms with Gasteiger partial charge in [0.2, 0.25) is 0 Å². The lowest BCUT2D eigenvalue weighted by atomic mass is 10.2. The van der Waals surface area contributed by atoms with Gasteiger partial charge in [0.05, 0.1) is 10.6 Å². The third-order valence-electron chi connectivity index (χ3n) is 4.33. The van der Waals surface area contributed by atoms with Gasteiger partial charge in [0.25, 0.3) is 5.91 Å². The van der Waals surface area contributed by atoms with Crippen molar-refractivity contribution < 1.29 is 9.32 Å². The maximum absolute atomic E-state index is 12.6. The topological polar surface area (TPSA) is 49.6 Å². The largest absolute Gasteiger partial charge is 0.361 e. The van der Waals surface area contributed by atoms with E-state index in [4.69, 9.17) is 4.52 Å². The highest BCUT2D eigenvalue weighted by molar-refractivity contribution is 7.14. The van der Waals surface area contributed by atoms with Gasteiger partial charge < -0.3 is 9.42 Å². The summed E-state index contributed by atoms with van der Waals surface area (Å²) in [4.78, 5) is 19.1. The summed E-state index contributed by atoms with van der Waals surface area (Å²) in [5, 5.41) is 4.04. The molecule has 5 nitrogen and oxygen atoms in total. The van der Waals surface area contributed by atoms with Crippen molar-refractivity contribution in [1.82, 2.24) is 15.0 Å². The van der Waals surface area contributed by atoms with E-state index in [0.29, 0.717) is 0 Å². The van der Waals surface area contributed by atoms with Crippen LogP contribution in [-0.2, 0) is 13.0 Å². The Morgan fingerprint density at radius 3 is 2.57 bits per heavy atom. The molecule has 0 aliphatic carbocycles. The van der Waals surface area contributed by atoms with Crippen molar-refractivity contribution in [3.63, 3.8) is 0 Å². The van der Waals surface area contributed by atoms with Crippen molar-refractivity contribution in [2.24, 2.45) is 0 Å². The minimum Gasteiger partial charge on any atom is -0.361 e. The number of aryl methyl sites for hydroxylation is 3. The molecule has 124 valence electrons. The van der Waals surface area contributed by atoms with Crippen molar-refractivity contribution in [3.8, 4) is 0 Å². The van der Waals surface area contributed by atoms with E-state index >= 15 is 0 Å². The highest BCUT2D eigenvalue weighted by atomic mass is 32.1. The van der Waals surface area contributed by atoms with Gasteiger partial charge in [-0.05, 0) is 31.9 Å². The molecule has 0 unspecified atom stereocenters. The highest BCUT2D eigenvalue weighted by Gasteiger charge is 2.24. The van der Waals surface area contributed by atoms with Crippen molar-refractivity contribution in [2.45, 2.75) is 33.7 Å². The molecule has 0 saturated carbocycles. The van der Waals surface area contributed by atoms with Crippen LogP contribution in [0.4, 0.5) is 0 Å². The Bertz CT molecular complexity index is 684. The van der Waals surface area contributed by atoms with Gasteiger partial charge in [0.1, 0.15) is 5.76 Å². The molecule has 6 heteroatoms. The molecule has 0 radical (unpaired) electrons. The molecule has 2 aromatic heterocycles. The highest BCUT2D eigenvalue weighted by Crippen LogP contribution is 2.24. The van der Waals surface area contributed by atoms with Gasteiger partial charge in [-0.3, -0.25) is 9.69 Å². The number of thiophene rings is 1. The second-order valence-corrected chi connectivity index (χ2v) is 7.30. The lowest BCUT2D eigenvalue weighted by molar-refractivity contribution is 0.0630. The molecule has 1 aliphatic rings. The second kappa shape index (κ2) is 6.84. The SMILES string of the molecule is CCc1cc(C(=O)N2CCN(Cc3cc(C)on3)CC2)sc1C. The molecule has 1 amide bonds. The number of rotatable bonds is 4. The van der Waals surface area contributed by atoms with E-state index in [0.717, 1.165) is 55.5 Å². The number of piperazine rings is 1. The smallest absolute Gasteiger partial charge is 0.264 e. The minimum atomic E-state index is 0.176. The molecule has 3 heterocycles. The number of carbonyl (C=O) groups is 1. The van der Waals surface area contributed by atoms with Crippen molar-refractivity contribution in [1.29, 1.82) is 0 Å². The molecular formula is C17H23N3O2S. The van der Waals surface area contributed by atoms with Crippen LogP contribution >= 0.6 is 11.3 Å². The van der Waals surface area contributed by atoms with Gasteiger partial charge in [-0.25, -0.2) is 0 Å². The van der Waals surface area contributed by atoms with E-state index in [1.54, 1.807) is 11.3 Å². The Balaban J connectivity index is 1.56. The van der Waals surface area contributed by atoms with E-state index in [-0.39, 0.29) is 5.91 Å². The Morgan fingerprint density at radius 2 is 2.00 bits per heavy atom. The first-order valence-electron chi connectivity index (χ1n) is 8.10. The minimum absolute atomic E-state index is 0.176. The van der Waals surface area contributed by atoms with Crippen LogP contribution in [0.3, 0.4) is 0 Å². The summed E-state index contributed by atoms with van der Waals surface area (Å²) in [5.41, 5.74) is 2.25. The zero-order chi connectivity index (χ0) is 16.4. The number of amides is 1. The average Bonchev–Trinajstić information content (AvgIpc) is 3.13. The Kier molecular flexibility index (Phi) is 4.82. The summed E-state index contributed by atoms with van der Waals surface area (Å²) in [6, 6.07) is 4.03. The van der Waals surface area contributed by atoms with Gasteiger partial charge in [-0.1, -0.05) is 12.1 Å². The number of nitrogens with zero attached hydrogens (tertiary/aromatic N) is 3. The summed E-state index contributed by atoms with van der Waals surface area (Å²) in [6.07, 6.45) is 0.987. The summed E-state index contributed by atoms with van der Waals surface area (Å²) in [7, 11) is 0. The number of hydrogen-bond donors (Lipinski definition) is 0. The molecule has 23 heavy (non-hydrogen) atoms. The maximum atomic E-state index is 12.6. The number of aromatic nitrogens is 1. The van der Waals surface area contributed by atoms with Crippen LogP contribution in [0.2, 0.25) is 0 Å². The molecule has 0 N–H and O–H groups in total. The molecule has 0 aromatic carbocycles. The fourth-order valence-corrected chi connectivity index (χ4v) is 4.04. The van der Waals surface area contributed by atoms with E-state index in [1.165, 1.54) is 10.4 Å². The molecule has 1 saturated heterocycles. The summed E-state index contributed by atoms with van der Waals surface area (Å²) in [6.45, 7) is 10.2. The lowest BCUT2D eigenvalue weighted by Gasteiger charge is -2.34. The zero-order valence-electron chi connectivity index (χ0n) is 14.0. The third-order valence-corrected chi connectivity index (χ3v) is 5.41. The molecule has 0 atom stereocenters. The standard InChI is InChI=1S/C17H23N3O2S/c1-4-14-10-16(23-13(14)3)17(21)20-7-5-19(6-8-20)11-15-9-12(2)22-18-15/h9-10H,4-8,11H2,1-3H3. The first-order chi connectivity index (χ1) is 11.1. The fraction of sp³-hybridized carbons (Fsp3) is 0.529. The summed E-state index contributed by atoms with van der Waals surface area (Å²) >= 11 is 1.62. The molecule has 3 rings (SSSR count). The molecule has 0 bridgehead atoms. The molecule has 2 aromatic rings. The Morgan fingerprint density at radius 1 is 1.26 bits per heavy atom. The fourth-order valence-electron chi connectivity index (χ4n) is 2.96. The van der Waals surface area contributed by atoms with Crippen molar-refractivity contribution in [3.05, 3.63) is 38.9 Å². The molecule has 1 fully saturated rings. The van der Waals surface area contributed by atoms with Crippen LogP contribution in [-0.4, -0.2) is 47.0 Å². The van der Waals surface area contributed by atoms with Gasteiger partial charge in [0.15, 0.2) is 0 Å². The Hall–Kier alpha value is -1.66. The van der Waals surface area contributed by atoms with Gasteiger partial charge in [0, 0.05) is 43.7 Å². The van der Waals surface area contributed by atoms with Crippen molar-refractivity contribution in [2.75, 3.05) is 26.2 Å². The second-order valence-electron chi connectivity index (χ2n) is 6.04. The van der Waals surface area contributed by atoms with Crippen LogP contribution in [0, 0.1) is 13.8 Å². The molecule has 1 aliphatic heterocycles. The van der Waals surface area contributed by atoms with Crippen LogP contribution in [0.25, 0.3) is 0 Å². The van der Waals surface area contributed by atoms with E-state index in [1.807, 2.05) is 17.9 Å². The normalized spacial score (nSPS) is 16.0. The maximum Gasteiger partial charge on any atom is 0.264 e. The van der Waals surface area contributed by atoms with E-state index in [2.05, 4.69) is 30.0 Å². The zero-order valence-corrected chi connectivity index (χ0v) is 14.8. The summed E-state index contributed by atoms with van der Waals surface area (Å²) < 4.78 is 5.11. The lowest BCUT2D eigenvalue weighted by Crippen LogP contribution is -2.48. The number of carbonyl (C=O) groups excluding carboxylic acids is 1. The molecule has 0 spiro atoms. The number of hydrogen-bond acceptors (Lipinski definition) is 5. The van der Waals surface area contributed by atoms with Gasteiger partial charge >= 0.3 is 0 Å². The van der Waals surface area contributed by atoms with Crippen molar-refractivity contribution >= 4 is 17.2 Å². The van der Waals surface area contributed by atoms with Gasteiger partial charge in [-0.2, -0.15) is 0 Å². The van der Waals surface area contributed by atoms with E-state index in [9.17, 15) is 4.79 Å². The van der Waals surface area contributed by atoms with Crippen LogP contribution < -0.4 is 0 Å². The monoisotopic (exact) mass is 333 g/mol. The van der Waals surface area contributed by atoms with Crippen LogP contribution in [0.5, 0.6) is 0 Å². The van der Waals surface area contributed by atoms with Crippen LogP contribution in [0.15, 0.2) is 16.7 Å². The van der Waals surface area contributed by atoms with Gasteiger partial charge in [-0.15, -0.1) is 11.3 Å². The predicted octanol–water partition coefficient (Wildman–Crippen LogP) is 2.87. The molecular weight excluding hydrogens is 310 g/mol. The predicted molar refractivity (Wildman–Crippen MR) is 90.9 cm³/mol. The first kappa shape index (κ1) is 16.2. The van der Waals surface area contributed by atoms with Crippen LogP contribution in [0.1, 0.15) is 38.5 Å². The third kappa shape index (κ3) is 3.64.